The second kappa shape index (κ2) is 6.85. The van der Waals surface area contributed by atoms with Crippen LogP contribution in [0.25, 0.3) is 0 Å². The average molecular weight is 331 g/mol. The zero-order valence-electron chi connectivity index (χ0n) is 9.32. The average Bonchev–Trinajstić information content (AvgIpc) is 2.77. The Bertz CT molecular complexity index is 661. The van der Waals surface area contributed by atoms with Crippen LogP contribution in [-0.2, 0) is 4.79 Å². The fraction of sp³-hybridized carbons (Fsp3) is 0. The summed E-state index contributed by atoms with van der Waals surface area (Å²) in [6.45, 7) is 0. The molecule has 0 aliphatic carbocycles. The molecule has 0 spiro atoms. The molecule has 1 aromatic heterocycles. The van der Waals surface area contributed by atoms with Crippen molar-refractivity contribution in [1.82, 2.24) is 4.37 Å². The molecule has 98 valence electrons. The minimum Gasteiger partial charge on any atom is -0.478 e. The molecule has 8 heteroatoms. The molecular formula is C11H7ClN2O2S3. The molecule has 2 aromatic rings. The Kier molecular flexibility index (Phi) is 5.15. The molecule has 0 radical (unpaired) electrons. The topological polar surface area (TPSA) is 62.5 Å². The number of hydrogen-bond donors (Lipinski definition) is 1. The second-order valence-corrected chi connectivity index (χ2v) is 6.38. The first-order valence-electron chi connectivity index (χ1n) is 4.97. The summed E-state index contributed by atoms with van der Waals surface area (Å²) in [6, 6.07) is 7.43. The summed E-state index contributed by atoms with van der Waals surface area (Å²) in [6.07, 6.45) is 1.10. The molecule has 0 amide bonds. The highest BCUT2D eigenvalue weighted by Gasteiger charge is 1.98. The molecule has 0 fully saturated rings. The van der Waals surface area contributed by atoms with Crippen molar-refractivity contribution < 1.29 is 9.90 Å². The van der Waals surface area contributed by atoms with Crippen LogP contribution in [0.15, 0.2) is 45.6 Å². The van der Waals surface area contributed by atoms with Gasteiger partial charge in [0.15, 0.2) is 9.82 Å². The van der Waals surface area contributed by atoms with Crippen molar-refractivity contribution in [3.8, 4) is 0 Å². The number of aromatic nitrogens is 1. The lowest BCUT2D eigenvalue weighted by atomic mass is 10.3. The summed E-state index contributed by atoms with van der Waals surface area (Å²) in [5, 5.41) is 10.4. The number of carboxylic acids is 1. The van der Waals surface area contributed by atoms with E-state index < -0.39 is 5.97 Å². The number of rotatable bonds is 4. The Labute approximate surface area is 125 Å². The summed E-state index contributed by atoms with van der Waals surface area (Å²) in [5.74, 6) is -0.958. The Morgan fingerprint density at radius 3 is 2.74 bits per heavy atom. The Hall–Kier alpha value is -1.15. The zero-order valence-corrected chi connectivity index (χ0v) is 12.5. The number of thioether (sulfide) groups is 1. The van der Waals surface area contributed by atoms with Gasteiger partial charge in [-0.15, -0.1) is 0 Å². The van der Waals surface area contributed by atoms with E-state index in [1.54, 1.807) is 0 Å². The van der Waals surface area contributed by atoms with Crippen molar-refractivity contribution >= 4 is 55.9 Å². The van der Waals surface area contributed by atoms with Gasteiger partial charge in [0.2, 0.25) is 0 Å². The SMILES string of the molecule is O=C(O)C=CSc1ccc(N=c2ssnc2Cl)cc1. The number of aliphatic carboxylic acids is 1. The third-order valence-corrected chi connectivity index (χ3v) is 4.88. The summed E-state index contributed by atoms with van der Waals surface area (Å²) in [5.41, 5.74) is 0.782. The maximum Gasteiger partial charge on any atom is 0.328 e. The van der Waals surface area contributed by atoms with Gasteiger partial charge < -0.3 is 5.11 Å². The lowest BCUT2D eigenvalue weighted by Gasteiger charge is -1.96. The highest BCUT2D eigenvalue weighted by molar-refractivity contribution is 8.02. The van der Waals surface area contributed by atoms with Gasteiger partial charge in [0, 0.05) is 21.5 Å². The molecule has 0 atom stereocenters. The van der Waals surface area contributed by atoms with E-state index in [4.69, 9.17) is 16.7 Å². The fourth-order valence-corrected chi connectivity index (χ4v) is 3.74. The third-order valence-electron chi connectivity index (χ3n) is 1.89. The van der Waals surface area contributed by atoms with E-state index in [1.165, 1.54) is 38.0 Å². The quantitative estimate of drug-likeness (QED) is 0.526. The molecule has 0 saturated carbocycles. The molecule has 2 rings (SSSR count). The van der Waals surface area contributed by atoms with Crippen LogP contribution in [-0.4, -0.2) is 15.4 Å². The van der Waals surface area contributed by atoms with Crippen LogP contribution in [0.3, 0.4) is 0 Å². The Morgan fingerprint density at radius 2 is 2.16 bits per heavy atom. The molecule has 4 nitrogen and oxygen atoms in total. The standard InChI is InChI=1S/C11H7ClN2O2S3/c12-10-11(18-19-14-10)13-7-1-3-8(4-2-7)17-6-5-9(15)16/h1-6H,(H,15,16). The Morgan fingerprint density at radius 1 is 1.42 bits per heavy atom. The van der Waals surface area contributed by atoms with E-state index in [0.29, 0.717) is 9.82 Å². The highest BCUT2D eigenvalue weighted by Crippen LogP contribution is 2.22. The van der Waals surface area contributed by atoms with Gasteiger partial charge in [-0.3, -0.25) is 0 Å². The molecule has 0 unspecified atom stereocenters. The fourth-order valence-electron chi connectivity index (χ4n) is 1.11. The van der Waals surface area contributed by atoms with Gasteiger partial charge in [-0.1, -0.05) is 23.4 Å². The maximum atomic E-state index is 10.3. The third kappa shape index (κ3) is 4.46. The summed E-state index contributed by atoms with van der Waals surface area (Å²) in [4.78, 5) is 15.6. The predicted octanol–water partition coefficient (Wildman–Crippen LogP) is 3.78. The van der Waals surface area contributed by atoms with E-state index in [0.717, 1.165) is 16.7 Å². The van der Waals surface area contributed by atoms with E-state index in [9.17, 15) is 4.79 Å². The van der Waals surface area contributed by atoms with Crippen LogP contribution in [0.5, 0.6) is 0 Å². The van der Waals surface area contributed by atoms with Gasteiger partial charge in [0.1, 0.15) is 0 Å². The smallest absolute Gasteiger partial charge is 0.328 e. The summed E-state index contributed by atoms with van der Waals surface area (Å²) < 4.78 is 4.64. The van der Waals surface area contributed by atoms with Crippen molar-refractivity contribution in [3.05, 3.63) is 45.6 Å². The lowest BCUT2D eigenvalue weighted by molar-refractivity contribution is -0.131. The monoisotopic (exact) mass is 330 g/mol. The van der Waals surface area contributed by atoms with Gasteiger partial charge >= 0.3 is 5.97 Å². The minimum absolute atomic E-state index is 0.415. The van der Waals surface area contributed by atoms with Crippen molar-refractivity contribution in [3.63, 3.8) is 0 Å². The predicted molar refractivity (Wildman–Crippen MR) is 79.3 cm³/mol. The van der Waals surface area contributed by atoms with Gasteiger partial charge in [-0.2, -0.15) is 4.37 Å². The molecule has 0 saturated heterocycles. The largest absolute Gasteiger partial charge is 0.478 e. The molecule has 0 aliphatic rings. The maximum absolute atomic E-state index is 10.3. The van der Waals surface area contributed by atoms with E-state index >= 15 is 0 Å². The molecule has 0 aliphatic heterocycles. The summed E-state index contributed by atoms with van der Waals surface area (Å²) >= 11 is 7.20. The van der Waals surface area contributed by atoms with Crippen LogP contribution in [0.4, 0.5) is 5.69 Å². The Balaban J connectivity index is 2.11. The van der Waals surface area contributed by atoms with E-state index in [-0.39, 0.29) is 0 Å². The van der Waals surface area contributed by atoms with Crippen molar-refractivity contribution in [2.75, 3.05) is 0 Å². The van der Waals surface area contributed by atoms with Crippen LogP contribution in [0.2, 0.25) is 5.15 Å². The first kappa shape index (κ1) is 14.3. The van der Waals surface area contributed by atoms with Gasteiger partial charge in [0.25, 0.3) is 0 Å². The zero-order chi connectivity index (χ0) is 13.7. The van der Waals surface area contributed by atoms with Crippen molar-refractivity contribution in [2.45, 2.75) is 4.90 Å². The van der Waals surface area contributed by atoms with Crippen LogP contribution in [0.1, 0.15) is 0 Å². The molecule has 19 heavy (non-hydrogen) atoms. The number of carboxylic acid groups (broad SMARTS) is 1. The summed E-state index contributed by atoms with van der Waals surface area (Å²) in [7, 11) is 2.72. The van der Waals surface area contributed by atoms with Crippen LogP contribution in [0, 0.1) is 0 Å². The number of benzene rings is 1. The second-order valence-electron chi connectivity index (χ2n) is 3.21. The van der Waals surface area contributed by atoms with E-state index in [2.05, 4.69) is 9.37 Å². The number of hydrogen-bond acceptors (Lipinski definition) is 6. The van der Waals surface area contributed by atoms with Gasteiger partial charge in [-0.25, -0.2) is 9.79 Å². The molecule has 0 bridgehead atoms. The molecular weight excluding hydrogens is 324 g/mol. The van der Waals surface area contributed by atoms with E-state index in [1.807, 2.05) is 24.3 Å². The lowest BCUT2D eigenvalue weighted by Crippen LogP contribution is -1.92. The van der Waals surface area contributed by atoms with Crippen molar-refractivity contribution in [1.29, 1.82) is 0 Å². The molecule has 1 N–H and O–H groups in total. The first-order valence-corrected chi connectivity index (χ1v) is 8.34. The first-order chi connectivity index (χ1) is 9.15. The highest BCUT2D eigenvalue weighted by atomic mass is 35.5. The normalized spacial score (nSPS) is 12.2. The number of halogens is 1. The van der Waals surface area contributed by atoms with Crippen molar-refractivity contribution in [2.24, 2.45) is 4.99 Å². The van der Waals surface area contributed by atoms with Gasteiger partial charge in [-0.05, 0) is 40.0 Å². The minimum atomic E-state index is -0.958. The number of carbonyl (C=O) groups is 1. The molecule has 1 aromatic carbocycles. The van der Waals surface area contributed by atoms with Gasteiger partial charge in [0.05, 0.1) is 5.69 Å². The van der Waals surface area contributed by atoms with Crippen LogP contribution >= 0.6 is 44.2 Å². The van der Waals surface area contributed by atoms with Crippen LogP contribution < -0.4 is 4.67 Å². The number of nitrogens with zero attached hydrogens (tertiary/aromatic N) is 2. The molecule has 1 heterocycles.